The molecular weight excluding hydrogens is 300 g/mol. The van der Waals surface area contributed by atoms with Crippen LogP contribution in [0.4, 0.5) is 5.82 Å². The maximum atomic E-state index is 10.7. The summed E-state index contributed by atoms with van der Waals surface area (Å²) in [6, 6.07) is 0. The van der Waals surface area contributed by atoms with E-state index in [4.69, 9.17) is 4.74 Å². The fourth-order valence-corrected chi connectivity index (χ4v) is 3.32. The van der Waals surface area contributed by atoms with Crippen LogP contribution < -0.4 is 5.32 Å². The van der Waals surface area contributed by atoms with Gasteiger partial charge in [0.2, 0.25) is 0 Å². The lowest BCUT2D eigenvalue weighted by atomic mass is 9.96. The molecule has 8 heteroatoms. The summed E-state index contributed by atoms with van der Waals surface area (Å²) in [7, 11) is 0. The van der Waals surface area contributed by atoms with Crippen molar-refractivity contribution in [3.63, 3.8) is 0 Å². The summed E-state index contributed by atoms with van der Waals surface area (Å²) in [5.74, 6) is 0.689. The second-order valence-electron chi connectivity index (χ2n) is 6.11. The van der Waals surface area contributed by atoms with Gasteiger partial charge in [-0.3, -0.25) is 0 Å². The Kier molecular flexibility index (Phi) is 3.17. The molecule has 8 nitrogen and oxygen atoms in total. The molecule has 1 fully saturated rings. The summed E-state index contributed by atoms with van der Waals surface area (Å²) in [6.07, 6.45) is 4.91. The van der Waals surface area contributed by atoms with Crippen molar-refractivity contribution in [2.75, 3.05) is 11.9 Å². The Bertz CT molecular complexity index is 785. The van der Waals surface area contributed by atoms with Crippen LogP contribution in [0.15, 0.2) is 24.8 Å². The van der Waals surface area contributed by atoms with Crippen LogP contribution in [0, 0.1) is 0 Å². The summed E-state index contributed by atoms with van der Waals surface area (Å²) >= 11 is 0. The van der Waals surface area contributed by atoms with E-state index in [2.05, 4.69) is 15.3 Å². The van der Waals surface area contributed by atoms with E-state index in [1.54, 1.807) is 4.57 Å². The minimum Gasteiger partial charge on any atom is -0.394 e. The van der Waals surface area contributed by atoms with E-state index < -0.39 is 24.0 Å². The largest absolute Gasteiger partial charge is 0.394 e. The zero-order chi connectivity index (χ0) is 16.2. The number of aromatic nitrogens is 3. The lowest BCUT2D eigenvalue weighted by molar-refractivity contribution is -0.0948. The van der Waals surface area contributed by atoms with Crippen molar-refractivity contribution in [1.82, 2.24) is 14.5 Å². The standard InChI is InChI=1S/C15H18N4O4/c1-15(22)11(21)9(6-20)23-14(15)19-5-8-3-2-4-16-12-10(8)13(19)18-7-17-12/h2,4-5,7,9,11,14,20-22H,3,6H2,1H3,(H,16,17,18)/t9?,11-,14?,15-/m1/s1. The fraction of sp³-hybridized carbons (Fsp3) is 0.467. The van der Waals surface area contributed by atoms with E-state index in [0.717, 1.165) is 10.9 Å². The molecule has 2 unspecified atom stereocenters. The van der Waals surface area contributed by atoms with E-state index >= 15 is 0 Å². The Balaban J connectivity index is 1.88. The van der Waals surface area contributed by atoms with Gasteiger partial charge in [-0.2, -0.15) is 0 Å². The van der Waals surface area contributed by atoms with E-state index in [1.165, 1.54) is 13.3 Å². The Morgan fingerprint density at radius 2 is 2.30 bits per heavy atom. The predicted octanol–water partition coefficient (Wildman–Crippen LogP) is -0.0854. The van der Waals surface area contributed by atoms with Crippen molar-refractivity contribution >= 4 is 16.9 Å². The SMILES string of the molecule is C[C@]1(O)C(n2cc3c4c(ncnc42)NC=CC3)OC(CO)[C@H]1O. The van der Waals surface area contributed by atoms with Gasteiger partial charge in [-0.25, -0.2) is 9.97 Å². The number of ether oxygens (including phenoxy) is 1. The van der Waals surface area contributed by atoms with E-state index in [0.29, 0.717) is 17.9 Å². The highest BCUT2D eigenvalue weighted by atomic mass is 16.6. The van der Waals surface area contributed by atoms with Crippen LogP contribution in [0.25, 0.3) is 11.0 Å². The average molecular weight is 318 g/mol. The van der Waals surface area contributed by atoms with Crippen LogP contribution in [0.1, 0.15) is 18.7 Å². The van der Waals surface area contributed by atoms with Crippen molar-refractivity contribution in [2.45, 2.75) is 37.4 Å². The number of aliphatic hydroxyl groups is 3. The van der Waals surface area contributed by atoms with Gasteiger partial charge < -0.3 is 29.9 Å². The Morgan fingerprint density at radius 3 is 3.04 bits per heavy atom. The van der Waals surface area contributed by atoms with Gasteiger partial charge >= 0.3 is 0 Å². The lowest BCUT2D eigenvalue weighted by Gasteiger charge is -2.27. The second kappa shape index (κ2) is 5.00. The van der Waals surface area contributed by atoms with Crippen molar-refractivity contribution < 1.29 is 20.1 Å². The van der Waals surface area contributed by atoms with E-state index in [9.17, 15) is 15.3 Å². The zero-order valence-electron chi connectivity index (χ0n) is 12.5. The first-order chi connectivity index (χ1) is 11.0. The molecule has 4 atom stereocenters. The van der Waals surface area contributed by atoms with Crippen molar-refractivity contribution in [1.29, 1.82) is 0 Å². The van der Waals surface area contributed by atoms with Crippen LogP contribution in [-0.4, -0.2) is 54.3 Å². The number of nitrogens with one attached hydrogen (secondary N) is 1. The van der Waals surface area contributed by atoms with Gasteiger partial charge in [0.25, 0.3) is 0 Å². The zero-order valence-corrected chi connectivity index (χ0v) is 12.5. The van der Waals surface area contributed by atoms with Crippen molar-refractivity contribution in [3.8, 4) is 0 Å². The highest BCUT2D eigenvalue weighted by Gasteiger charge is 2.53. The smallest absolute Gasteiger partial charge is 0.167 e. The predicted molar refractivity (Wildman–Crippen MR) is 81.6 cm³/mol. The number of hydrogen-bond acceptors (Lipinski definition) is 7. The number of allylic oxidation sites excluding steroid dienone is 1. The summed E-state index contributed by atoms with van der Waals surface area (Å²) in [5.41, 5.74) is 0.0604. The Morgan fingerprint density at radius 1 is 1.48 bits per heavy atom. The molecule has 2 aliphatic heterocycles. The number of anilines is 1. The number of aliphatic hydroxyl groups excluding tert-OH is 2. The molecule has 4 N–H and O–H groups in total. The molecule has 0 aromatic carbocycles. The molecule has 1 saturated heterocycles. The lowest BCUT2D eigenvalue weighted by Crippen LogP contribution is -2.44. The monoisotopic (exact) mass is 318 g/mol. The van der Waals surface area contributed by atoms with E-state index in [-0.39, 0.29) is 6.61 Å². The second-order valence-corrected chi connectivity index (χ2v) is 6.11. The third-order valence-electron chi connectivity index (χ3n) is 4.55. The van der Waals surface area contributed by atoms with Crippen LogP contribution in [0.5, 0.6) is 0 Å². The van der Waals surface area contributed by atoms with Gasteiger partial charge in [0.05, 0.1) is 12.0 Å². The van der Waals surface area contributed by atoms with Crippen LogP contribution >= 0.6 is 0 Å². The van der Waals surface area contributed by atoms with Gasteiger partial charge in [0, 0.05) is 6.20 Å². The van der Waals surface area contributed by atoms with Crippen LogP contribution in [-0.2, 0) is 11.2 Å². The van der Waals surface area contributed by atoms with Gasteiger partial charge in [-0.15, -0.1) is 0 Å². The number of rotatable bonds is 2. The molecule has 4 rings (SSSR count). The molecule has 2 aromatic heterocycles. The average Bonchev–Trinajstić information content (AvgIpc) is 2.90. The fourth-order valence-electron chi connectivity index (χ4n) is 3.32. The highest BCUT2D eigenvalue weighted by molar-refractivity contribution is 5.92. The minimum absolute atomic E-state index is 0.371. The van der Waals surface area contributed by atoms with Crippen molar-refractivity contribution in [3.05, 3.63) is 30.4 Å². The minimum atomic E-state index is -1.55. The van der Waals surface area contributed by atoms with Gasteiger partial charge in [-0.05, 0) is 25.1 Å². The van der Waals surface area contributed by atoms with Crippen LogP contribution in [0.2, 0.25) is 0 Å². The normalized spacial score (nSPS) is 33.0. The molecule has 122 valence electrons. The molecule has 0 bridgehead atoms. The van der Waals surface area contributed by atoms with Crippen LogP contribution in [0.3, 0.4) is 0 Å². The molecule has 4 heterocycles. The Labute approximate surface area is 132 Å². The molecule has 0 aliphatic carbocycles. The highest BCUT2D eigenvalue weighted by Crippen LogP contribution is 2.41. The first-order valence-electron chi connectivity index (χ1n) is 7.46. The molecule has 2 aliphatic rings. The third kappa shape index (κ3) is 1.99. The molecule has 0 radical (unpaired) electrons. The molecule has 23 heavy (non-hydrogen) atoms. The molecule has 0 amide bonds. The summed E-state index contributed by atoms with van der Waals surface area (Å²) < 4.78 is 7.40. The molecular formula is C15H18N4O4. The summed E-state index contributed by atoms with van der Waals surface area (Å²) in [4.78, 5) is 8.56. The first kappa shape index (κ1) is 14.6. The van der Waals surface area contributed by atoms with E-state index in [1.807, 2.05) is 18.5 Å². The maximum absolute atomic E-state index is 10.7. The summed E-state index contributed by atoms with van der Waals surface area (Å²) in [6.45, 7) is 1.13. The van der Waals surface area contributed by atoms with Gasteiger partial charge in [0.1, 0.15) is 35.6 Å². The topological polar surface area (TPSA) is 113 Å². The van der Waals surface area contributed by atoms with Gasteiger partial charge in [-0.1, -0.05) is 6.08 Å². The molecule has 0 spiro atoms. The number of hydrogen-bond donors (Lipinski definition) is 4. The molecule has 2 aromatic rings. The Hall–Kier alpha value is -2.00. The quantitative estimate of drug-likeness (QED) is 0.612. The summed E-state index contributed by atoms with van der Waals surface area (Å²) in [5, 5.41) is 34.2. The van der Waals surface area contributed by atoms with Crippen molar-refractivity contribution in [2.24, 2.45) is 0 Å². The third-order valence-corrected chi connectivity index (χ3v) is 4.55. The first-order valence-corrected chi connectivity index (χ1v) is 7.46. The number of nitrogens with zero attached hydrogens (tertiary/aromatic N) is 3. The maximum Gasteiger partial charge on any atom is 0.167 e. The van der Waals surface area contributed by atoms with Gasteiger partial charge in [0.15, 0.2) is 6.23 Å². The molecule has 0 saturated carbocycles.